The summed E-state index contributed by atoms with van der Waals surface area (Å²) in [7, 11) is 0. The molecule has 1 aromatic heterocycles. The second-order valence-electron chi connectivity index (χ2n) is 8.74. The van der Waals surface area contributed by atoms with Gasteiger partial charge in [-0.2, -0.15) is 0 Å². The highest BCUT2D eigenvalue weighted by atomic mass is 16.3. The zero-order valence-corrected chi connectivity index (χ0v) is 18.1. The van der Waals surface area contributed by atoms with Gasteiger partial charge in [-0.15, -0.1) is 0 Å². The molecule has 0 bridgehead atoms. The van der Waals surface area contributed by atoms with Crippen molar-refractivity contribution in [2.45, 2.75) is 51.6 Å². The number of fused-ring (bicyclic) bond motifs is 1. The number of hydrogen-bond acceptors (Lipinski definition) is 4. The van der Waals surface area contributed by atoms with Gasteiger partial charge >= 0.3 is 0 Å². The van der Waals surface area contributed by atoms with E-state index in [1.165, 1.54) is 6.42 Å². The van der Waals surface area contributed by atoms with Crippen LogP contribution in [0.4, 0.5) is 0 Å². The van der Waals surface area contributed by atoms with E-state index in [4.69, 9.17) is 0 Å². The first kappa shape index (κ1) is 21.2. The summed E-state index contributed by atoms with van der Waals surface area (Å²) in [4.78, 5) is 30.1. The number of aromatic nitrogens is 2. The van der Waals surface area contributed by atoms with E-state index >= 15 is 0 Å². The van der Waals surface area contributed by atoms with Gasteiger partial charge in [0.15, 0.2) is 0 Å². The lowest BCUT2D eigenvalue weighted by atomic mass is 9.78. The number of rotatable bonds is 5. The van der Waals surface area contributed by atoms with Crippen LogP contribution < -0.4 is 10.9 Å². The fraction of sp³-hybridized carbons (Fsp3) is 0.400. The van der Waals surface area contributed by atoms with Crippen molar-refractivity contribution in [3.63, 3.8) is 0 Å². The quantitative estimate of drug-likeness (QED) is 0.660. The minimum absolute atomic E-state index is 0.135. The molecule has 4 rings (SSSR count). The summed E-state index contributed by atoms with van der Waals surface area (Å²) in [6.45, 7) is 3.83. The Morgan fingerprint density at radius 2 is 1.81 bits per heavy atom. The number of nitrogens with one attached hydrogen (secondary N) is 1. The summed E-state index contributed by atoms with van der Waals surface area (Å²) in [5.41, 5.74) is 0.775. The summed E-state index contributed by atoms with van der Waals surface area (Å²) in [5, 5.41) is 14.2. The van der Waals surface area contributed by atoms with Crippen LogP contribution in [0, 0.1) is 12.8 Å². The number of carbonyl (C=O) groups is 1. The molecule has 6 nitrogen and oxygen atoms in total. The van der Waals surface area contributed by atoms with Gasteiger partial charge in [0.25, 0.3) is 11.5 Å². The van der Waals surface area contributed by atoms with Gasteiger partial charge in [-0.25, -0.2) is 4.98 Å². The van der Waals surface area contributed by atoms with Gasteiger partial charge < -0.3 is 10.4 Å². The van der Waals surface area contributed by atoms with Crippen molar-refractivity contribution in [1.29, 1.82) is 0 Å². The van der Waals surface area contributed by atoms with Crippen LogP contribution >= 0.6 is 0 Å². The van der Waals surface area contributed by atoms with Gasteiger partial charge in [-0.05, 0) is 69.0 Å². The van der Waals surface area contributed by atoms with Crippen LogP contribution in [0.5, 0.6) is 0 Å². The van der Waals surface area contributed by atoms with Crippen LogP contribution in [0.1, 0.15) is 55.2 Å². The molecular weight excluding hydrogens is 390 g/mol. The van der Waals surface area contributed by atoms with Crippen molar-refractivity contribution in [1.82, 2.24) is 14.9 Å². The zero-order chi connectivity index (χ0) is 22.0. The normalized spacial score (nSPS) is 16.7. The Balaban J connectivity index is 1.50. The SMILES string of the molecule is Cc1nc2ccccc2c(=O)n1-c1ccc(C(=O)NCC(C)(O)C2CCCCC2)cc1. The third kappa shape index (κ3) is 4.39. The van der Waals surface area contributed by atoms with E-state index in [9.17, 15) is 14.7 Å². The number of benzene rings is 2. The second-order valence-corrected chi connectivity index (χ2v) is 8.74. The topological polar surface area (TPSA) is 84.2 Å². The number of carbonyl (C=O) groups excluding carboxylic acids is 1. The zero-order valence-electron chi connectivity index (χ0n) is 18.1. The molecule has 1 amide bonds. The maximum atomic E-state index is 12.9. The molecule has 1 atom stereocenters. The molecule has 0 radical (unpaired) electrons. The first-order valence-corrected chi connectivity index (χ1v) is 11.0. The second kappa shape index (κ2) is 8.63. The lowest BCUT2D eigenvalue weighted by molar-refractivity contribution is -0.0143. The average Bonchev–Trinajstić information content (AvgIpc) is 2.78. The van der Waals surface area contributed by atoms with Gasteiger partial charge in [-0.1, -0.05) is 31.4 Å². The van der Waals surface area contributed by atoms with Crippen LogP contribution in [0.2, 0.25) is 0 Å². The Bertz CT molecular complexity index is 1140. The molecule has 1 heterocycles. The maximum absolute atomic E-state index is 12.9. The molecule has 162 valence electrons. The first-order valence-electron chi connectivity index (χ1n) is 11.0. The third-order valence-electron chi connectivity index (χ3n) is 6.42. The number of hydrogen-bond donors (Lipinski definition) is 2. The van der Waals surface area contributed by atoms with Crippen molar-refractivity contribution >= 4 is 16.8 Å². The van der Waals surface area contributed by atoms with Crippen LogP contribution in [-0.4, -0.2) is 32.7 Å². The molecule has 31 heavy (non-hydrogen) atoms. The molecule has 1 unspecified atom stereocenters. The molecular formula is C25H29N3O3. The lowest BCUT2D eigenvalue weighted by Crippen LogP contribution is -2.46. The van der Waals surface area contributed by atoms with Crippen molar-refractivity contribution in [3.05, 3.63) is 70.3 Å². The van der Waals surface area contributed by atoms with Gasteiger partial charge in [-0.3, -0.25) is 14.2 Å². The number of nitrogens with zero attached hydrogens (tertiary/aromatic N) is 2. The minimum atomic E-state index is -0.906. The highest BCUT2D eigenvalue weighted by molar-refractivity contribution is 5.94. The van der Waals surface area contributed by atoms with Gasteiger partial charge in [0.2, 0.25) is 0 Å². The van der Waals surface area contributed by atoms with Crippen LogP contribution in [0.15, 0.2) is 53.3 Å². The van der Waals surface area contributed by atoms with Crippen LogP contribution in [0.3, 0.4) is 0 Å². The minimum Gasteiger partial charge on any atom is -0.388 e. The molecule has 0 spiro atoms. The summed E-state index contributed by atoms with van der Waals surface area (Å²) in [6, 6.07) is 14.2. The summed E-state index contributed by atoms with van der Waals surface area (Å²) >= 11 is 0. The first-order chi connectivity index (χ1) is 14.9. The summed E-state index contributed by atoms with van der Waals surface area (Å²) < 4.78 is 1.55. The third-order valence-corrected chi connectivity index (χ3v) is 6.42. The van der Waals surface area contributed by atoms with Gasteiger partial charge in [0.1, 0.15) is 5.82 Å². The highest BCUT2D eigenvalue weighted by Gasteiger charge is 2.33. The van der Waals surface area contributed by atoms with Crippen molar-refractivity contribution < 1.29 is 9.90 Å². The summed E-state index contributed by atoms with van der Waals surface area (Å²) in [5.74, 6) is 0.576. The van der Waals surface area contributed by atoms with Crippen molar-refractivity contribution in [2.75, 3.05) is 6.54 Å². The molecule has 1 aliphatic rings. The number of para-hydroxylation sites is 1. The van der Waals surface area contributed by atoms with E-state index in [1.807, 2.05) is 25.1 Å². The Kier molecular flexibility index (Phi) is 5.92. The Morgan fingerprint density at radius 1 is 1.13 bits per heavy atom. The summed E-state index contributed by atoms with van der Waals surface area (Å²) in [6.07, 6.45) is 5.51. The van der Waals surface area contributed by atoms with Gasteiger partial charge in [0, 0.05) is 12.1 Å². The Morgan fingerprint density at radius 3 is 2.52 bits per heavy atom. The molecule has 0 aliphatic heterocycles. The van der Waals surface area contributed by atoms with E-state index in [2.05, 4.69) is 10.3 Å². The molecule has 1 aliphatic carbocycles. The average molecular weight is 420 g/mol. The molecule has 2 aromatic carbocycles. The predicted octanol–water partition coefficient (Wildman–Crippen LogP) is 3.76. The van der Waals surface area contributed by atoms with Crippen molar-refractivity contribution in [3.8, 4) is 5.69 Å². The maximum Gasteiger partial charge on any atom is 0.265 e. The van der Waals surface area contributed by atoms with E-state index < -0.39 is 5.60 Å². The smallest absolute Gasteiger partial charge is 0.265 e. The number of amides is 1. The molecule has 1 saturated carbocycles. The predicted molar refractivity (Wildman–Crippen MR) is 122 cm³/mol. The fourth-order valence-electron chi connectivity index (χ4n) is 4.54. The Labute approximate surface area is 181 Å². The largest absolute Gasteiger partial charge is 0.388 e. The highest BCUT2D eigenvalue weighted by Crippen LogP contribution is 2.32. The molecule has 3 aromatic rings. The van der Waals surface area contributed by atoms with E-state index in [-0.39, 0.29) is 23.9 Å². The molecule has 1 fully saturated rings. The monoisotopic (exact) mass is 419 g/mol. The standard InChI is InChI=1S/C25H29N3O3/c1-17-27-22-11-7-6-10-21(22)24(30)28(17)20-14-12-18(13-15-20)23(29)26-16-25(2,31)19-8-4-3-5-9-19/h6-7,10-15,19,31H,3-5,8-9,16H2,1-2H3,(H,26,29). The number of aryl methyl sites for hydroxylation is 1. The van der Waals surface area contributed by atoms with Crippen LogP contribution in [0.25, 0.3) is 16.6 Å². The molecule has 2 N–H and O–H groups in total. The van der Waals surface area contributed by atoms with E-state index in [0.717, 1.165) is 25.7 Å². The van der Waals surface area contributed by atoms with E-state index in [1.54, 1.807) is 41.8 Å². The molecule has 0 saturated heterocycles. The van der Waals surface area contributed by atoms with Crippen LogP contribution in [-0.2, 0) is 0 Å². The lowest BCUT2D eigenvalue weighted by Gasteiger charge is -2.35. The fourth-order valence-corrected chi connectivity index (χ4v) is 4.54. The van der Waals surface area contributed by atoms with E-state index in [0.29, 0.717) is 28.0 Å². The number of aliphatic hydroxyl groups is 1. The molecule has 6 heteroatoms. The van der Waals surface area contributed by atoms with Crippen molar-refractivity contribution in [2.24, 2.45) is 5.92 Å². The Hall–Kier alpha value is -2.99. The van der Waals surface area contributed by atoms with Gasteiger partial charge in [0.05, 0.1) is 22.2 Å².